The van der Waals surface area contributed by atoms with Crippen molar-refractivity contribution < 1.29 is 8.42 Å². The fourth-order valence-corrected chi connectivity index (χ4v) is 3.05. The van der Waals surface area contributed by atoms with Crippen LogP contribution in [0.5, 0.6) is 0 Å². The second kappa shape index (κ2) is 5.58. The molecule has 2 aromatic rings. The van der Waals surface area contributed by atoms with E-state index in [0.717, 1.165) is 0 Å². The normalized spacial score (nSPS) is 12.8. The molecule has 104 valence electrons. The van der Waals surface area contributed by atoms with Crippen LogP contribution in [0.3, 0.4) is 0 Å². The fourth-order valence-electron chi connectivity index (χ4n) is 1.53. The van der Waals surface area contributed by atoms with Crippen molar-refractivity contribution in [2.45, 2.75) is 17.9 Å². The van der Waals surface area contributed by atoms with E-state index in [1.807, 2.05) is 6.07 Å². The minimum Gasteiger partial charge on any atom is -0.262 e. The van der Waals surface area contributed by atoms with E-state index in [4.69, 9.17) is 16.9 Å². The number of nitriles is 1. The van der Waals surface area contributed by atoms with Crippen molar-refractivity contribution in [2.75, 3.05) is 0 Å². The number of hydrogen-bond donors (Lipinski definition) is 2. The van der Waals surface area contributed by atoms with Crippen molar-refractivity contribution in [2.24, 2.45) is 0 Å². The van der Waals surface area contributed by atoms with E-state index in [1.165, 1.54) is 24.5 Å². The highest BCUT2D eigenvalue weighted by Crippen LogP contribution is 2.21. The highest BCUT2D eigenvalue weighted by Gasteiger charge is 2.20. The number of benzene rings is 1. The standard InChI is InChI=1S/C11H10ClN5O2S/c1-7(11-14-6-15-16-11)17-20(18,19)9-3-2-8(5-13)10(12)4-9/h2-4,6-7,17H,1H3,(H,14,15,16). The van der Waals surface area contributed by atoms with Gasteiger partial charge in [0.2, 0.25) is 10.0 Å². The van der Waals surface area contributed by atoms with Crippen LogP contribution in [-0.2, 0) is 10.0 Å². The van der Waals surface area contributed by atoms with Crippen LogP contribution in [0.1, 0.15) is 24.4 Å². The number of H-pyrrole nitrogens is 1. The molecule has 1 heterocycles. The van der Waals surface area contributed by atoms with Crippen LogP contribution in [0.15, 0.2) is 29.4 Å². The van der Waals surface area contributed by atoms with E-state index in [-0.39, 0.29) is 15.5 Å². The number of nitrogens with zero attached hydrogens (tertiary/aromatic N) is 3. The van der Waals surface area contributed by atoms with Gasteiger partial charge in [-0.25, -0.2) is 18.1 Å². The number of nitrogens with one attached hydrogen (secondary N) is 2. The molecule has 9 heteroatoms. The van der Waals surface area contributed by atoms with Crippen molar-refractivity contribution >= 4 is 21.6 Å². The van der Waals surface area contributed by atoms with Gasteiger partial charge < -0.3 is 0 Å². The Labute approximate surface area is 120 Å². The lowest BCUT2D eigenvalue weighted by Gasteiger charge is -2.12. The largest absolute Gasteiger partial charge is 0.262 e. The number of sulfonamides is 1. The molecule has 0 bridgehead atoms. The maximum absolute atomic E-state index is 12.2. The summed E-state index contributed by atoms with van der Waals surface area (Å²) >= 11 is 5.83. The first-order chi connectivity index (χ1) is 9.44. The van der Waals surface area contributed by atoms with Gasteiger partial charge in [-0.05, 0) is 25.1 Å². The third-order valence-corrected chi connectivity index (χ3v) is 4.40. The monoisotopic (exact) mass is 311 g/mol. The topological polar surface area (TPSA) is 112 Å². The molecule has 1 unspecified atom stereocenters. The Hall–Kier alpha value is -1.95. The van der Waals surface area contributed by atoms with E-state index in [0.29, 0.717) is 5.82 Å². The predicted molar refractivity (Wildman–Crippen MR) is 71.3 cm³/mol. The molecule has 0 saturated carbocycles. The number of aromatic nitrogens is 3. The van der Waals surface area contributed by atoms with Gasteiger partial charge in [-0.3, -0.25) is 5.10 Å². The van der Waals surface area contributed by atoms with Crippen LogP contribution >= 0.6 is 11.6 Å². The first-order valence-electron chi connectivity index (χ1n) is 5.51. The zero-order valence-electron chi connectivity index (χ0n) is 10.3. The number of hydrogen-bond acceptors (Lipinski definition) is 5. The number of halogens is 1. The minimum atomic E-state index is -3.76. The van der Waals surface area contributed by atoms with Gasteiger partial charge >= 0.3 is 0 Å². The molecule has 0 saturated heterocycles. The summed E-state index contributed by atoms with van der Waals surface area (Å²) in [6.45, 7) is 1.63. The molecule has 0 aliphatic heterocycles. The van der Waals surface area contributed by atoms with Crippen LogP contribution < -0.4 is 4.72 Å². The summed E-state index contributed by atoms with van der Waals surface area (Å²) in [6.07, 6.45) is 1.29. The first-order valence-corrected chi connectivity index (χ1v) is 7.37. The summed E-state index contributed by atoms with van der Waals surface area (Å²) < 4.78 is 26.8. The molecule has 1 aromatic heterocycles. The molecule has 2 N–H and O–H groups in total. The van der Waals surface area contributed by atoms with Gasteiger partial charge in [0.25, 0.3) is 0 Å². The van der Waals surface area contributed by atoms with Crippen molar-refractivity contribution in [3.63, 3.8) is 0 Å². The molecular formula is C11H10ClN5O2S. The lowest BCUT2D eigenvalue weighted by atomic mass is 10.2. The second-order valence-corrected chi connectivity index (χ2v) is 6.09. The highest BCUT2D eigenvalue weighted by atomic mass is 35.5. The van der Waals surface area contributed by atoms with Crippen LogP contribution in [0, 0.1) is 11.3 Å². The lowest BCUT2D eigenvalue weighted by molar-refractivity contribution is 0.560. The Morgan fingerprint density at radius 2 is 2.25 bits per heavy atom. The van der Waals surface area contributed by atoms with Crippen LogP contribution in [0.4, 0.5) is 0 Å². The molecule has 2 rings (SSSR count). The molecule has 0 spiro atoms. The predicted octanol–water partition coefficient (Wildman–Crippen LogP) is 1.37. The first kappa shape index (κ1) is 14.5. The van der Waals surface area contributed by atoms with E-state index >= 15 is 0 Å². The van der Waals surface area contributed by atoms with Crippen molar-refractivity contribution in [3.8, 4) is 6.07 Å². The van der Waals surface area contributed by atoms with Gasteiger partial charge in [0, 0.05) is 0 Å². The summed E-state index contributed by atoms with van der Waals surface area (Å²) in [5.74, 6) is 0.397. The van der Waals surface area contributed by atoms with Crippen molar-refractivity contribution in [3.05, 3.63) is 40.9 Å². The maximum atomic E-state index is 12.2. The zero-order valence-corrected chi connectivity index (χ0v) is 11.9. The lowest BCUT2D eigenvalue weighted by Crippen LogP contribution is -2.27. The fraction of sp³-hybridized carbons (Fsp3) is 0.182. The molecular weight excluding hydrogens is 302 g/mol. The summed E-state index contributed by atoms with van der Waals surface area (Å²) in [5.41, 5.74) is 0.217. The van der Waals surface area contributed by atoms with Crippen LogP contribution in [0.25, 0.3) is 0 Å². The molecule has 0 aliphatic rings. The smallest absolute Gasteiger partial charge is 0.241 e. The Morgan fingerprint density at radius 3 is 2.80 bits per heavy atom. The van der Waals surface area contributed by atoms with E-state index < -0.39 is 16.1 Å². The van der Waals surface area contributed by atoms with Crippen LogP contribution in [-0.4, -0.2) is 23.6 Å². The molecule has 0 aliphatic carbocycles. The van der Waals surface area contributed by atoms with E-state index in [2.05, 4.69) is 19.9 Å². The highest BCUT2D eigenvalue weighted by molar-refractivity contribution is 7.89. The average molecular weight is 312 g/mol. The molecule has 20 heavy (non-hydrogen) atoms. The third-order valence-electron chi connectivity index (χ3n) is 2.55. The Morgan fingerprint density at radius 1 is 1.50 bits per heavy atom. The Balaban J connectivity index is 2.27. The van der Waals surface area contributed by atoms with E-state index in [1.54, 1.807) is 6.92 Å². The molecule has 0 amide bonds. The van der Waals surface area contributed by atoms with Gasteiger partial charge in [0.05, 0.1) is 21.5 Å². The molecule has 0 radical (unpaired) electrons. The average Bonchev–Trinajstić information content (AvgIpc) is 2.92. The number of aromatic amines is 1. The van der Waals surface area contributed by atoms with Crippen LogP contribution in [0.2, 0.25) is 5.02 Å². The SMILES string of the molecule is CC(NS(=O)(=O)c1ccc(C#N)c(Cl)c1)c1ncn[nH]1. The maximum Gasteiger partial charge on any atom is 0.241 e. The zero-order chi connectivity index (χ0) is 14.8. The molecule has 7 nitrogen and oxygen atoms in total. The van der Waals surface area contributed by atoms with E-state index in [9.17, 15) is 8.42 Å². The summed E-state index contributed by atoms with van der Waals surface area (Å²) in [7, 11) is -3.76. The molecule has 1 aromatic carbocycles. The van der Waals surface area contributed by atoms with Crippen molar-refractivity contribution in [1.82, 2.24) is 19.9 Å². The number of rotatable bonds is 4. The van der Waals surface area contributed by atoms with Gasteiger partial charge in [-0.15, -0.1) is 0 Å². The van der Waals surface area contributed by atoms with Gasteiger partial charge in [0.15, 0.2) is 0 Å². The molecule has 0 fully saturated rings. The Kier molecular flexibility index (Phi) is 4.04. The van der Waals surface area contributed by atoms with Gasteiger partial charge in [0.1, 0.15) is 18.2 Å². The van der Waals surface area contributed by atoms with Gasteiger partial charge in [-0.2, -0.15) is 10.4 Å². The van der Waals surface area contributed by atoms with Crippen molar-refractivity contribution in [1.29, 1.82) is 5.26 Å². The minimum absolute atomic E-state index is 0.0205. The second-order valence-electron chi connectivity index (χ2n) is 3.97. The summed E-state index contributed by atoms with van der Waals surface area (Å²) in [4.78, 5) is 3.86. The van der Waals surface area contributed by atoms with Gasteiger partial charge in [-0.1, -0.05) is 11.6 Å². The summed E-state index contributed by atoms with van der Waals surface area (Å²) in [5, 5.41) is 15.1. The molecule has 1 atom stereocenters. The summed E-state index contributed by atoms with van der Waals surface area (Å²) in [6, 6.07) is 5.20. The quantitative estimate of drug-likeness (QED) is 0.885. The third kappa shape index (κ3) is 2.96. The Bertz CT molecular complexity index is 752.